The van der Waals surface area contributed by atoms with Crippen molar-refractivity contribution < 1.29 is 17.9 Å². The third-order valence-electron chi connectivity index (χ3n) is 5.43. The Kier molecular flexibility index (Phi) is 5.74. The molecule has 3 nitrogen and oxygen atoms in total. The summed E-state index contributed by atoms with van der Waals surface area (Å²) in [5.41, 5.74) is 3.28. The van der Waals surface area contributed by atoms with E-state index in [1.807, 2.05) is 47.2 Å². The Morgan fingerprint density at radius 2 is 1.74 bits per heavy atom. The zero-order valence-corrected chi connectivity index (χ0v) is 17.3. The van der Waals surface area contributed by atoms with Gasteiger partial charge in [0.05, 0.1) is 18.2 Å². The molecule has 0 bridgehead atoms. The molecule has 6 heteroatoms. The minimum atomic E-state index is -4.33. The standard InChI is InChI=1S/C25H23F3N2O/c1-17(19-4-3-5-23(15-19)31-2)29-16-18-6-11-24-20(14-18)12-13-30(24)22-9-7-21(8-10-22)25(26,27)28/h3-15,17,29H,16H2,1-2H3/t17-/m1/s1. The lowest BCUT2D eigenvalue weighted by Gasteiger charge is -2.15. The van der Waals surface area contributed by atoms with E-state index < -0.39 is 11.7 Å². The first-order valence-electron chi connectivity index (χ1n) is 10.00. The van der Waals surface area contributed by atoms with E-state index in [4.69, 9.17) is 4.74 Å². The van der Waals surface area contributed by atoms with E-state index in [0.29, 0.717) is 12.2 Å². The van der Waals surface area contributed by atoms with Crippen molar-refractivity contribution in [3.63, 3.8) is 0 Å². The molecule has 4 rings (SSSR count). The van der Waals surface area contributed by atoms with E-state index in [1.54, 1.807) is 7.11 Å². The summed E-state index contributed by atoms with van der Waals surface area (Å²) in [6, 6.07) is 21.5. The molecule has 0 unspecified atom stereocenters. The van der Waals surface area contributed by atoms with E-state index >= 15 is 0 Å². The fourth-order valence-corrected chi connectivity index (χ4v) is 3.64. The van der Waals surface area contributed by atoms with Crippen LogP contribution in [0.1, 0.15) is 29.7 Å². The van der Waals surface area contributed by atoms with Gasteiger partial charge < -0.3 is 14.6 Å². The Morgan fingerprint density at radius 1 is 0.968 bits per heavy atom. The lowest BCUT2D eigenvalue weighted by atomic mass is 10.1. The number of hydrogen-bond acceptors (Lipinski definition) is 2. The molecule has 1 N–H and O–H groups in total. The Balaban J connectivity index is 1.49. The molecule has 0 aliphatic carbocycles. The van der Waals surface area contributed by atoms with Crippen molar-refractivity contribution in [2.45, 2.75) is 25.7 Å². The van der Waals surface area contributed by atoms with Crippen molar-refractivity contribution in [2.24, 2.45) is 0 Å². The molecule has 1 atom stereocenters. The van der Waals surface area contributed by atoms with Crippen LogP contribution in [-0.4, -0.2) is 11.7 Å². The number of benzene rings is 3. The first-order valence-corrected chi connectivity index (χ1v) is 10.00. The first-order chi connectivity index (χ1) is 14.8. The highest BCUT2D eigenvalue weighted by molar-refractivity contribution is 5.82. The molecule has 0 saturated carbocycles. The molecule has 4 aromatic rings. The Bertz CT molecular complexity index is 1180. The van der Waals surface area contributed by atoms with Crippen LogP contribution in [0.15, 0.2) is 79.0 Å². The van der Waals surface area contributed by atoms with E-state index in [9.17, 15) is 13.2 Å². The van der Waals surface area contributed by atoms with Crippen LogP contribution in [0.3, 0.4) is 0 Å². The fourth-order valence-electron chi connectivity index (χ4n) is 3.64. The molecule has 0 aliphatic heterocycles. The van der Waals surface area contributed by atoms with E-state index in [-0.39, 0.29) is 6.04 Å². The Morgan fingerprint density at radius 3 is 2.45 bits per heavy atom. The van der Waals surface area contributed by atoms with Crippen LogP contribution in [0.4, 0.5) is 13.2 Å². The van der Waals surface area contributed by atoms with Gasteiger partial charge in [0.2, 0.25) is 0 Å². The van der Waals surface area contributed by atoms with E-state index in [2.05, 4.69) is 24.4 Å². The maximum absolute atomic E-state index is 12.8. The van der Waals surface area contributed by atoms with Gasteiger partial charge in [0.25, 0.3) is 0 Å². The van der Waals surface area contributed by atoms with Crippen LogP contribution in [-0.2, 0) is 12.7 Å². The molecule has 1 aromatic heterocycles. The molecule has 0 saturated heterocycles. The molecule has 0 amide bonds. The molecule has 0 aliphatic rings. The number of aromatic nitrogens is 1. The number of ether oxygens (including phenoxy) is 1. The molecule has 31 heavy (non-hydrogen) atoms. The second-order valence-corrected chi connectivity index (χ2v) is 7.50. The van der Waals surface area contributed by atoms with Gasteiger partial charge in [0.1, 0.15) is 5.75 Å². The molecule has 0 spiro atoms. The lowest BCUT2D eigenvalue weighted by molar-refractivity contribution is -0.137. The molecular formula is C25H23F3N2O. The van der Waals surface area contributed by atoms with Crippen LogP contribution < -0.4 is 10.1 Å². The quantitative estimate of drug-likeness (QED) is 0.382. The van der Waals surface area contributed by atoms with Gasteiger partial charge in [-0.25, -0.2) is 0 Å². The monoisotopic (exact) mass is 424 g/mol. The second-order valence-electron chi connectivity index (χ2n) is 7.50. The molecule has 0 fully saturated rings. The topological polar surface area (TPSA) is 26.2 Å². The Labute approximate surface area is 179 Å². The normalized spacial score (nSPS) is 12.8. The SMILES string of the molecule is COc1cccc([C@@H](C)NCc2ccc3c(ccn3-c3ccc(C(F)(F)F)cc3)c2)c1. The highest BCUT2D eigenvalue weighted by atomic mass is 19.4. The average molecular weight is 424 g/mol. The van der Waals surface area contributed by atoms with Gasteiger partial charge in [-0.15, -0.1) is 0 Å². The highest BCUT2D eigenvalue weighted by Crippen LogP contribution is 2.30. The maximum Gasteiger partial charge on any atom is 0.416 e. The number of rotatable bonds is 6. The molecule has 1 heterocycles. The largest absolute Gasteiger partial charge is 0.497 e. The summed E-state index contributed by atoms with van der Waals surface area (Å²) in [6.45, 7) is 2.80. The predicted octanol–water partition coefficient (Wildman–Crippen LogP) is 6.51. The zero-order chi connectivity index (χ0) is 22.0. The van der Waals surface area contributed by atoms with Gasteiger partial charge in [0.15, 0.2) is 0 Å². The summed E-state index contributed by atoms with van der Waals surface area (Å²) in [6.07, 6.45) is -2.45. The summed E-state index contributed by atoms with van der Waals surface area (Å²) in [5.74, 6) is 0.831. The number of nitrogens with zero attached hydrogens (tertiary/aromatic N) is 1. The number of fused-ring (bicyclic) bond motifs is 1. The van der Waals surface area contributed by atoms with Gasteiger partial charge in [-0.2, -0.15) is 13.2 Å². The lowest BCUT2D eigenvalue weighted by Crippen LogP contribution is -2.18. The van der Waals surface area contributed by atoms with E-state index in [0.717, 1.165) is 39.9 Å². The number of methoxy groups -OCH3 is 1. The van der Waals surface area contributed by atoms with Gasteiger partial charge >= 0.3 is 6.18 Å². The number of hydrogen-bond donors (Lipinski definition) is 1. The van der Waals surface area contributed by atoms with Crippen molar-refractivity contribution in [1.82, 2.24) is 9.88 Å². The Hall–Kier alpha value is -3.25. The average Bonchev–Trinajstić information content (AvgIpc) is 3.20. The van der Waals surface area contributed by atoms with Crippen molar-refractivity contribution in [3.8, 4) is 11.4 Å². The van der Waals surface area contributed by atoms with Crippen LogP contribution in [0, 0.1) is 0 Å². The summed E-state index contributed by atoms with van der Waals surface area (Å²) < 4.78 is 45.6. The zero-order valence-electron chi connectivity index (χ0n) is 17.3. The van der Waals surface area contributed by atoms with Crippen molar-refractivity contribution >= 4 is 10.9 Å². The third-order valence-corrected chi connectivity index (χ3v) is 5.43. The highest BCUT2D eigenvalue weighted by Gasteiger charge is 2.30. The molecule has 0 radical (unpaired) electrons. The summed E-state index contributed by atoms with van der Waals surface area (Å²) in [5, 5.41) is 4.56. The number of nitrogens with one attached hydrogen (secondary N) is 1. The van der Waals surface area contributed by atoms with Crippen LogP contribution in [0.5, 0.6) is 5.75 Å². The number of halogens is 3. The van der Waals surface area contributed by atoms with Crippen molar-refractivity contribution in [3.05, 3.63) is 95.7 Å². The smallest absolute Gasteiger partial charge is 0.416 e. The molecule has 160 valence electrons. The van der Waals surface area contributed by atoms with Gasteiger partial charge in [0, 0.05) is 29.9 Å². The molecule has 3 aromatic carbocycles. The minimum absolute atomic E-state index is 0.155. The summed E-state index contributed by atoms with van der Waals surface area (Å²) in [4.78, 5) is 0. The third kappa shape index (κ3) is 4.59. The fraction of sp³-hybridized carbons (Fsp3) is 0.200. The summed E-state index contributed by atoms with van der Waals surface area (Å²) >= 11 is 0. The van der Waals surface area contributed by atoms with E-state index in [1.165, 1.54) is 12.1 Å². The van der Waals surface area contributed by atoms with Crippen molar-refractivity contribution in [1.29, 1.82) is 0 Å². The summed E-state index contributed by atoms with van der Waals surface area (Å²) in [7, 11) is 1.66. The maximum atomic E-state index is 12.8. The van der Waals surface area contributed by atoms with Crippen LogP contribution in [0.2, 0.25) is 0 Å². The van der Waals surface area contributed by atoms with Crippen molar-refractivity contribution in [2.75, 3.05) is 7.11 Å². The van der Waals surface area contributed by atoms with Gasteiger partial charge in [-0.1, -0.05) is 18.2 Å². The second kappa shape index (κ2) is 8.47. The minimum Gasteiger partial charge on any atom is -0.497 e. The van der Waals surface area contributed by atoms with Crippen LogP contribution in [0.25, 0.3) is 16.6 Å². The first kappa shape index (κ1) is 21.0. The molecular weight excluding hydrogens is 401 g/mol. The van der Waals surface area contributed by atoms with Gasteiger partial charge in [-0.3, -0.25) is 0 Å². The van der Waals surface area contributed by atoms with Gasteiger partial charge in [-0.05, 0) is 72.6 Å². The van der Waals surface area contributed by atoms with Crippen LogP contribution >= 0.6 is 0 Å². The number of alkyl halides is 3. The predicted molar refractivity (Wildman–Crippen MR) is 117 cm³/mol.